The minimum atomic E-state index is 0.242. The van der Waals surface area contributed by atoms with Gasteiger partial charge in [0.15, 0.2) is 0 Å². The molecule has 0 amide bonds. The third-order valence-electron chi connectivity index (χ3n) is 3.68. The molecule has 3 rings (SSSR count). The Labute approximate surface area is 99.6 Å². The van der Waals surface area contributed by atoms with E-state index in [9.17, 15) is 0 Å². The van der Waals surface area contributed by atoms with E-state index in [-0.39, 0.29) is 17.8 Å². The van der Waals surface area contributed by atoms with Gasteiger partial charge in [-0.25, -0.2) is 9.97 Å². The number of anilines is 1. The summed E-state index contributed by atoms with van der Waals surface area (Å²) < 4.78 is 5.79. The third-order valence-corrected chi connectivity index (χ3v) is 3.68. The lowest BCUT2D eigenvalue weighted by atomic mass is 9.88. The number of aryl methyl sites for hydroxylation is 1. The highest BCUT2D eigenvalue weighted by Crippen LogP contribution is 2.43. The zero-order valence-electron chi connectivity index (χ0n) is 9.68. The molecular formula is C12H14N4O. The molecule has 5 heteroatoms. The molecular weight excluding hydrogens is 216 g/mol. The average molecular weight is 230 g/mol. The number of nitriles is 1. The van der Waals surface area contributed by atoms with Crippen LogP contribution >= 0.6 is 0 Å². The Hall–Kier alpha value is -1.67. The van der Waals surface area contributed by atoms with Gasteiger partial charge >= 0.3 is 0 Å². The van der Waals surface area contributed by atoms with Crippen molar-refractivity contribution in [1.82, 2.24) is 9.97 Å². The highest BCUT2D eigenvalue weighted by molar-refractivity contribution is 5.50. The molecule has 1 aromatic heterocycles. The van der Waals surface area contributed by atoms with E-state index in [4.69, 9.17) is 15.7 Å². The van der Waals surface area contributed by atoms with Crippen molar-refractivity contribution in [3.8, 4) is 6.07 Å². The average Bonchev–Trinajstić information content (AvgIpc) is 2.90. The second-order valence-electron chi connectivity index (χ2n) is 4.76. The van der Waals surface area contributed by atoms with Gasteiger partial charge in [-0.1, -0.05) is 0 Å². The van der Waals surface area contributed by atoms with E-state index < -0.39 is 0 Å². The summed E-state index contributed by atoms with van der Waals surface area (Å²) in [4.78, 5) is 8.68. The normalized spacial score (nSPS) is 30.5. The quantitative estimate of drug-likeness (QED) is 0.785. The molecule has 2 aliphatic heterocycles. The first-order chi connectivity index (χ1) is 8.19. The molecule has 2 aliphatic rings. The maximum absolute atomic E-state index is 8.93. The highest BCUT2D eigenvalue weighted by atomic mass is 16.5. The zero-order chi connectivity index (χ0) is 12.0. The van der Waals surface area contributed by atoms with Gasteiger partial charge in [0, 0.05) is 5.92 Å². The molecule has 3 atom stereocenters. The Morgan fingerprint density at radius 2 is 2.24 bits per heavy atom. The minimum absolute atomic E-state index is 0.242. The van der Waals surface area contributed by atoms with Crippen molar-refractivity contribution in [2.24, 2.45) is 0 Å². The second-order valence-corrected chi connectivity index (χ2v) is 4.76. The molecule has 0 spiro atoms. The van der Waals surface area contributed by atoms with Gasteiger partial charge in [-0.2, -0.15) is 5.26 Å². The van der Waals surface area contributed by atoms with Gasteiger partial charge in [-0.15, -0.1) is 0 Å². The number of fused-ring (bicyclic) bond motifs is 2. The first-order valence-corrected chi connectivity index (χ1v) is 5.88. The molecule has 3 unspecified atom stereocenters. The van der Waals surface area contributed by atoms with Crippen molar-refractivity contribution < 1.29 is 4.74 Å². The number of rotatable bonds is 1. The van der Waals surface area contributed by atoms with Gasteiger partial charge in [0.2, 0.25) is 0 Å². The maximum Gasteiger partial charge on any atom is 0.145 e. The van der Waals surface area contributed by atoms with Crippen molar-refractivity contribution in [1.29, 1.82) is 5.26 Å². The fourth-order valence-corrected chi connectivity index (χ4v) is 2.83. The number of ether oxygens (including phenoxy) is 1. The molecule has 0 aliphatic carbocycles. The highest BCUT2D eigenvalue weighted by Gasteiger charge is 2.43. The van der Waals surface area contributed by atoms with Crippen LogP contribution in [-0.4, -0.2) is 22.2 Å². The summed E-state index contributed by atoms with van der Waals surface area (Å²) in [5.74, 6) is 1.28. The van der Waals surface area contributed by atoms with E-state index in [0.717, 1.165) is 25.1 Å². The lowest BCUT2D eigenvalue weighted by molar-refractivity contribution is 0.0999. The largest absolute Gasteiger partial charge is 0.382 e. The van der Waals surface area contributed by atoms with E-state index in [1.165, 1.54) is 0 Å². The molecule has 0 radical (unpaired) electrons. The van der Waals surface area contributed by atoms with Crippen LogP contribution in [0.15, 0.2) is 0 Å². The summed E-state index contributed by atoms with van der Waals surface area (Å²) in [5, 5.41) is 8.93. The summed E-state index contributed by atoms with van der Waals surface area (Å²) in [6.45, 7) is 1.80. The van der Waals surface area contributed by atoms with Gasteiger partial charge in [0.25, 0.3) is 0 Å². The Bertz CT molecular complexity index is 485. The van der Waals surface area contributed by atoms with E-state index in [2.05, 4.69) is 9.97 Å². The van der Waals surface area contributed by atoms with E-state index in [0.29, 0.717) is 17.4 Å². The van der Waals surface area contributed by atoms with Crippen molar-refractivity contribution in [3.63, 3.8) is 0 Å². The molecule has 5 nitrogen and oxygen atoms in total. The van der Waals surface area contributed by atoms with E-state index in [1.54, 1.807) is 6.92 Å². The summed E-state index contributed by atoms with van der Waals surface area (Å²) in [6.07, 6.45) is 3.82. The van der Waals surface area contributed by atoms with Gasteiger partial charge < -0.3 is 10.5 Å². The number of nitrogens with two attached hydrogens (primary N) is 1. The van der Waals surface area contributed by atoms with Gasteiger partial charge in [0.1, 0.15) is 23.3 Å². The molecule has 2 N–H and O–H groups in total. The smallest absolute Gasteiger partial charge is 0.145 e. The Morgan fingerprint density at radius 1 is 1.41 bits per heavy atom. The Kier molecular flexibility index (Phi) is 2.26. The van der Waals surface area contributed by atoms with E-state index in [1.807, 2.05) is 6.07 Å². The number of nitrogens with zero attached hydrogens (tertiary/aromatic N) is 3. The molecule has 2 saturated heterocycles. The van der Waals surface area contributed by atoms with Gasteiger partial charge in [-0.3, -0.25) is 0 Å². The number of nitrogen functional groups attached to an aromatic ring is 1. The fraction of sp³-hybridized carbons (Fsp3) is 0.583. The summed E-state index contributed by atoms with van der Waals surface area (Å²) in [6, 6.07) is 2.03. The SMILES string of the molecule is Cc1nc(C2CC3CCC2O3)nc(N)c1C#N. The molecule has 0 aromatic carbocycles. The standard InChI is InChI=1S/C12H14N4O/c1-6-9(5-13)11(14)16-12(15-6)8-4-7-2-3-10(8)17-7/h7-8,10H,2-4H2,1H3,(H2,14,15,16). The van der Waals surface area contributed by atoms with Crippen molar-refractivity contribution in [2.75, 3.05) is 5.73 Å². The molecule has 3 heterocycles. The molecule has 88 valence electrons. The molecule has 2 fully saturated rings. The Balaban J connectivity index is 1.97. The molecule has 1 aromatic rings. The predicted octanol–water partition coefficient (Wildman–Crippen LogP) is 1.27. The van der Waals surface area contributed by atoms with Crippen LogP contribution in [0.25, 0.3) is 0 Å². The zero-order valence-corrected chi connectivity index (χ0v) is 9.68. The van der Waals surface area contributed by atoms with Crippen LogP contribution in [0.3, 0.4) is 0 Å². The maximum atomic E-state index is 8.93. The van der Waals surface area contributed by atoms with Gasteiger partial charge in [0.05, 0.1) is 17.9 Å². The minimum Gasteiger partial charge on any atom is -0.382 e. The third kappa shape index (κ3) is 1.56. The van der Waals surface area contributed by atoms with Crippen LogP contribution < -0.4 is 5.73 Å². The molecule has 0 saturated carbocycles. The number of hydrogen-bond acceptors (Lipinski definition) is 5. The van der Waals surface area contributed by atoms with Gasteiger partial charge in [-0.05, 0) is 26.2 Å². The second kappa shape index (κ2) is 3.67. The summed E-state index contributed by atoms with van der Waals surface area (Å²) in [7, 11) is 0. The summed E-state index contributed by atoms with van der Waals surface area (Å²) >= 11 is 0. The van der Waals surface area contributed by atoms with Crippen LogP contribution in [0.5, 0.6) is 0 Å². The predicted molar refractivity (Wildman–Crippen MR) is 61.1 cm³/mol. The first-order valence-electron chi connectivity index (χ1n) is 5.88. The first kappa shape index (κ1) is 10.5. The topological polar surface area (TPSA) is 84.8 Å². The number of aromatic nitrogens is 2. The van der Waals surface area contributed by atoms with Crippen molar-refractivity contribution >= 4 is 5.82 Å². The van der Waals surface area contributed by atoms with Crippen LogP contribution in [-0.2, 0) is 4.74 Å². The van der Waals surface area contributed by atoms with E-state index >= 15 is 0 Å². The lowest BCUT2D eigenvalue weighted by Gasteiger charge is -2.18. The monoisotopic (exact) mass is 230 g/mol. The molecule has 2 bridgehead atoms. The summed E-state index contributed by atoms with van der Waals surface area (Å²) in [5.41, 5.74) is 6.84. The lowest BCUT2D eigenvalue weighted by Crippen LogP contribution is -2.18. The van der Waals surface area contributed by atoms with Crippen molar-refractivity contribution in [3.05, 3.63) is 17.1 Å². The molecule has 17 heavy (non-hydrogen) atoms. The van der Waals surface area contributed by atoms with Crippen LogP contribution in [0.2, 0.25) is 0 Å². The number of hydrogen-bond donors (Lipinski definition) is 1. The van der Waals surface area contributed by atoms with Crippen LogP contribution in [0, 0.1) is 18.3 Å². The van der Waals surface area contributed by atoms with Crippen molar-refractivity contribution in [2.45, 2.75) is 44.3 Å². The fourth-order valence-electron chi connectivity index (χ4n) is 2.83. The van der Waals surface area contributed by atoms with Crippen LogP contribution in [0.1, 0.15) is 42.3 Å². The van der Waals surface area contributed by atoms with Crippen LogP contribution in [0.4, 0.5) is 5.82 Å². The Morgan fingerprint density at radius 3 is 2.76 bits per heavy atom.